The molecule has 1 aliphatic carbocycles. The van der Waals surface area contributed by atoms with E-state index in [1.807, 2.05) is 12.1 Å². The van der Waals surface area contributed by atoms with Gasteiger partial charge in [-0.25, -0.2) is 0 Å². The van der Waals surface area contributed by atoms with E-state index >= 15 is 0 Å². The van der Waals surface area contributed by atoms with Crippen molar-refractivity contribution in [3.05, 3.63) is 74.8 Å². The van der Waals surface area contributed by atoms with Crippen LogP contribution in [0.15, 0.2) is 48.6 Å². The number of fused-ring (bicyclic) bond motifs is 3. The molecule has 3 unspecified atom stereocenters. The monoisotopic (exact) mass is 398 g/mol. The van der Waals surface area contributed by atoms with Gasteiger partial charge in [0.15, 0.2) is 0 Å². The number of ether oxygens (including phenoxy) is 1. The van der Waals surface area contributed by atoms with Crippen molar-refractivity contribution in [1.29, 1.82) is 0 Å². The lowest BCUT2D eigenvalue weighted by Crippen LogP contribution is -2.29. The third kappa shape index (κ3) is 3.35. The van der Waals surface area contributed by atoms with Gasteiger partial charge < -0.3 is 10.1 Å². The summed E-state index contributed by atoms with van der Waals surface area (Å²) in [4.78, 5) is 10.9. The molecule has 1 heterocycles. The summed E-state index contributed by atoms with van der Waals surface area (Å²) >= 11 is 6.48. The van der Waals surface area contributed by atoms with Crippen LogP contribution < -0.4 is 10.1 Å². The molecule has 2 aromatic carbocycles. The molecule has 3 atom stereocenters. The molecular weight excluding hydrogens is 376 g/mol. The van der Waals surface area contributed by atoms with Crippen LogP contribution in [0.1, 0.15) is 43.4 Å². The van der Waals surface area contributed by atoms with Crippen LogP contribution in [-0.2, 0) is 0 Å². The Morgan fingerprint density at radius 3 is 2.86 bits per heavy atom. The average molecular weight is 399 g/mol. The van der Waals surface area contributed by atoms with Crippen molar-refractivity contribution in [1.82, 2.24) is 0 Å². The lowest BCUT2D eigenvalue weighted by atomic mass is 9.77. The number of nitrogens with one attached hydrogen (secondary N) is 1. The van der Waals surface area contributed by atoms with E-state index in [0.29, 0.717) is 17.5 Å². The van der Waals surface area contributed by atoms with Gasteiger partial charge in [-0.05, 0) is 36.0 Å². The maximum Gasteiger partial charge on any atom is 0.269 e. The van der Waals surface area contributed by atoms with Gasteiger partial charge in [0.25, 0.3) is 5.69 Å². The van der Waals surface area contributed by atoms with Crippen LogP contribution in [0, 0.1) is 22.0 Å². The first-order valence-electron chi connectivity index (χ1n) is 9.58. The van der Waals surface area contributed by atoms with Gasteiger partial charge in [0.1, 0.15) is 5.75 Å². The number of para-hydroxylation sites is 1. The van der Waals surface area contributed by atoms with E-state index in [1.54, 1.807) is 12.1 Å². The van der Waals surface area contributed by atoms with E-state index in [0.717, 1.165) is 23.4 Å². The van der Waals surface area contributed by atoms with Gasteiger partial charge in [-0.3, -0.25) is 10.1 Å². The molecule has 1 aliphatic heterocycles. The number of allylic oxidation sites excluding steroid dienone is 2. The van der Waals surface area contributed by atoms with Gasteiger partial charge in [0.05, 0.1) is 23.3 Å². The largest absolute Gasteiger partial charge is 0.491 e. The highest BCUT2D eigenvalue weighted by Crippen LogP contribution is 2.53. The number of nitro groups is 1. The molecule has 28 heavy (non-hydrogen) atoms. The number of benzene rings is 2. The predicted molar refractivity (Wildman–Crippen MR) is 111 cm³/mol. The Bertz CT molecular complexity index is 941. The van der Waals surface area contributed by atoms with Crippen molar-refractivity contribution in [2.75, 3.05) is 11.9 Å². The Balaban J connectivity index is 1.77. The highest BCUT2D eigenvalue weighted by molar-refractivity contribution is 6.31. The second kappa shape index (κ2) is 7.47. The van der Waals surface area contributed by atoms with E-state index in [9.17, 15) is 10.1 Å². The number of rotatable bonds is 5. The molecule has 0 radical (unpaired) electrons. The highest BCUT2D eigenvalue weighted by Gasteiger charge is 2.40. The number of anilines is 1. The van der Waals surface area contributed by atoms with Crippen molar-refractivity contribution >= 4 is 23.0 Å². The third-order valence-corrected chi connectivity index (χ3v) is 5.80. The summed E-state index contributed by atoms with van der Waals surface area (Å²) in [5.41, 5.74) is 2.99. The Labute approximate surface area is 169 Å². The standard InChI is InChI=1S/C22H23ClN2O3/c1-13(2)12-28-20-8-4-7-17-15-5-3-6-16(15)21(24-22(17)20)18-11-14(25(26)27)9-10-19(18)23/h3-5,7-11,13,15-16,21,24H,6,12H2,1-2H3. The highest BCUT2D eigenvalue weighted by atomic mass is 35.5. The van der Waals surface area contributed by atoms with Crippen LogP contribution >= 0.6 is 11.6 Å². The van der Waals surface area contributed by atoms with Crippen molar-refractivity contribution < 1.29 is 9.66 Å². The summed E-state index contributed by atoms with van der Waals surface area (Å²) in [6.45, 7) is 4.86. The Morgan fingerprint density at radius 2 is 2.11 bits per heavy atom. The predicted octanol–water partition coefficient (Wildman–Crippen LogP) is 6.11. The molecule has 2 aromatic rings. The summed E-state index contributed by atoms with van der Waals surface area (Å²) in [6, 6.07) is 10.7. The summed E-state index contributed by atoms with van der Waals surface area (Å²) in [5, 5.41) is 15.4. The zero-order chi connectivity index (χ0) is 19.8. The maximum atomic E-state index is 11.3. The van der Waals surface area contributed by atoms with Crippen LogP contribution in [0.5, 0.6) is 5.75 Å². The van der Waals surface area contributed by atoms with Crippen LogP contribution in [0.2, 0.25) is 5.02 Å². The molecule has 2 aliphatic rings. The smallest absolute Gasteiger partial charge is 0.269 e. The van der Waals surface area contributed by atoms with Crippen molar-refractivity contribution in [2.45, 2.75) is 32.2 Å². The number of non-ortho nitro benzene ring substituents is 1. The summed E-state index contributed by atoms with van der Waals surface area (Å²) in [6.07, 6.45) is 5.32. The number of hydrogen-bond acceptors (Lipinski definition) is 4. The molecule has 0 amide bonds. The number of nitro benzene ring substituents is 1. The van der Waals surface area contributed by atoms with Gasteiger partial charge in [-0.15, -0.1) is 0 Å². The van der Waals surface area contributed by atoms with Crippen LogP contribution in [0.25, 0.3) is 0 Å². The van der Waals surface area contributed by atoms with E-state index in [1.165, 1.54) is 11.6 Å². The van der Waals surface area contributed by atoms with E-state index in [-0.39, 0.29) is 28.5 Å². The molecule has 5 nitrogen and oxygen atoms in total. The van der Waals surface area contributed by atoms with Crippen LogP contribution in [0.3, 0.4) is 0 Å². The minimum Gasteiger partial charge on any atom is -0.491 e. The molecule has 0 saturated heterocycles. The van der Waals surface area contributed by atoms with Crippen molar-refractivity contribution in [2.24, 2.45) is 11.8 Å². The van der Waals surface area contributed by atoms with E-state index < -0.39 is 0 Å². The second-order valence-corrected chi connectivity index (χ2v) is 8.27. The minimum atomic E-state index is -0.377. The number of hydrogen-bond donors (Lipinski definition) is 1. The lowest BCUT2D eigenvalue weighted by Gasteiger charge is -2.38. The zero-order valence-electron chi connectivity index (χ0n) is 15.9. The first kappa shape index (κ1) is 18.8. The Morgan fingerprint density at radius 1 is 1.29 bits per heavy atom. The first-order valence-corrected chi connectivity index (χ1v) is 9.96. The number of nitrogens with zero attached hydrogens (tertiary/aromatic N) is 1. The van der Waals surface area contributed by atoms with Crippen molar-refractivity contribution in [3.8, 4) is 5.75 Å². The first-order chi connectivity index (χ1) is 13.5. The van der Waals surface area contributed by atoms with Crippen LogP contribution in [-0.4, -0.2) is 11.5 Å². The second-order valence-electron chi connectivity index (χ2n) is 7.86. The topological polar surface area (TPSA) is 64.4 Å². The van der Waals surface area contributed by atoms with Gasteiger partial charge in [-0.1, -0.05) is 49.7 Å². The maximum absolute atomic E-state index is 11.3. The summed E-state index contributed by atoms with van der Waals surface area (Å²) in [5.74, 6) is 1.73. The molecule has 6 heteroatoms. The van der Waals surface area contributed by atoms with Crippen LogP contribution in [0.4, 0.5) is 11.4 Å². The minimum absolute atomic E-state index is 0.0545. The summed E-state index contributed by atoms with van der Waals surface area (Å²) < 4.78 is 6.06. The van der Waals surface area contributed by atoms with Crippen molar-refractivity contribution in [3.63, 3.8) is 0 Å². The summed E-state index contributed by atoms with van der Waals surface area (Å²) in [7, 11) is 0. The Kier molecular flexibility index (Phi) is 5.02. The molecule has 0 spiro atoms. The molecule has 0 aromatic heterocycles. The average Bonchev–Trinajstić information content (AvgIpc) is 3.16. The van der Waals surface area contributed by atoms with E-state index in [4.69, 9.17) is 16.3 Å². The van der Waals surface area contributed by atoms with Gasteiger partial charge >= 0.3 is 0 Å². The molecule has 0 saturated carbocycles. The fourth-order valence-corrected chi connectivity index (χ4v) is 4.40. The molecule has 1 N–H and O–H groups in total. The van der Waals surface area contributed by atoms with Gasteiger partial charge in [0, 0.05) is 28.6 Å². The molecular formula is C22H23ClN2O3. The fraction of sp³-hybridized carbons (Fsp3) is 0.364. The van der Waals surface area contributed by atoms with E-state index in [2.05, 4.69) is 37.4 Å². The van der Waals surface area contributed by atoms with Gasteiger partial charge in [0.2, 0.25) is 0 Å². The molecule has 4 rings (SSSR count). The molecule has 146 valence electrons. The molecule has 0 fully saturated rings. The lowest BCUT2D eigenvalue weighted by molar-refractivity contribution is -0.384. The molecule has 0 bridgehead atoms. The van der Waals surface area contributed by atoms with Gasteiger partial charge in [-0.2, -0.15) is 0 Å². The zero-order valence-corrected chi connectivity index (χ0v) is 16.6. The third-order valence-electron chi connectivity index (χ3n) is 5.46. The Hall–Kier alpha value is -2.53. The normalized spacial score (nSPS) is 22.5. The quantitative estimate of drug-likeness (QED) is 0.375. The fourth-order valence-electron chi connectivity index (χ4n) is 4.16. The number of halogens is 1. The SMILES string of the molecule is CC(C)COc1cccc2c1NC(c1cc([N+](=O)[O-])ccc1Cl)C1CC=CC21.